The highest BCUT2D eigenvalue weighted by molar-refractivity contribution is 8.00. The van der Waals surface area contributed by atoms with E-state index < -0.39 is 0 Å². The molecule has 0 atom stereocenters. The van der Waals surface area contributed by atoms with E-state index in [1.54, 1.807) is 24.4 Å². The van der Waals surface area contributed by atoms with Crippen LogP contribution in [0.5, 0.6) is 0 Å². The van der Waals surface area contributed by atoms with E-state index in [0.29, 0.717) is 15.1 Å². The van der Waals surface area contributed by atoms with Crippen LogP contribution < -0.4 is 5.43 Å². The van der Waals surface area contributed by atoms with E-state index >= 15 is 0 Å². The minimum absolute atomic E-state index is 0.184. The minimum atomic E-state index is -0.184. The van der Waals surface area contributed by atoms with Crippen molar-refractivity contribution in [2.45, 2.75) is 18.7 Å². The quantitative estimate of drug-likeness (QED) is 0.263. The molecule has 0 fully saturated rings. The number of benzene rings is 2. The highest BCUT2D eigenvalue weighted by atomic mass is 35.5. The van der Waals surface area contributed by atoms with Crippen molar-refractivity contribution in [3.05, 3.63) is 80.6 Å². The fraction of sp³-hybridized carbons (Fsp3) is 0.143. The smallest absolute Gasteiger partial charge is 0.250 e. The Kier molecular flexibility index (Phi) is 7.30. The number of nitrogens with zero attached hydrogens (tertiary/aromatic N) is 2. The average molecular weight is 467 g/mol. The van der Waals surface area contributed by atoms with Gasteiger partial charge in [-0.2, -0.15) is 5.10 Å². The Balaban J connectivity index is 1.65. The molecule has 0 aliphatic heterocycles. The van der Waals surface area contributed by atoms with Gasteiger partial charge < -0.3 is 4.57 Å². The van der Waals surface area contributed by atoms with Gasteiger partial charge in [-0.25, -0.2) is 5.43 Å². The van der Waals surface area contributed by atoms with Crippen LogP contribution in [0.2, 0.25) is 15.1 Å². The summed E-state index contributed by atoms with van der Waals surface area (Å²) in [6.07, 6.45) is 1.63. The molecule has 150 valence electrons. The van der Waals surface area contributed by atoms with Crippen LogP contribution in [0.3, 0.4) is 0 Å². The topological polar surface area (TPSA) is 46.4 Å². The lowest BCUT2D eigenvalue weighted by atomic mass is 10.2. The molecule has 1 heterocycles. The van der Waals surface area contributed by atoms with Gasteiger partial charge >= 0.3 is 0 Å². The lowest BCUT2D eigenvalue weighted by Crippen LogP contribution is -2.19. The summed E-state index contributed by atoms with van der Waals surface area (Å²) in [6, 6.07) is 14.7. The summed E-state index contributed by atoms with van der Waals surface area (Å²) in [5.41, 5.74) is 6.30. The maximum atomic E-state index is 12.0. The molecule has 2 aromatic carbocycles. The van der Waals surface area contributed by atoms with E-state index in [1.807, 2.05) is 48.7 Å². The highest BCUT2D eigenvalue weighted by Gasteiger charge is 2.11. The van der Waals surface area contributed by atoms with E-state index in [1.165, 1.54) is 11.8 Å². The first-order valence-electron chi connectivity index (χ1n) is 8.69. The maximum absolute atomic E-state index is 12.0. The van der Waals surface area contributed by atoms with E-state index in [-0.39, 0.29) is 11.7 Å². The third kappa shape index (κ3) is 5.80. The van der Waals surface area contributed by atoms with Gasteiger partial charge in [-0.1, -0.05) is 34.8 Å². The number of aryl methyl sites for hydroxylation is 1. The molecule has 29 heavy (non-hydrogen) atoms. The Morgan fingerprint density at radius 1 is 1.03 bits per heavy atom. The van der Waals surface area contributed by atoms with Gasteiger partial charge in [-0.15, -0.1) is 11.8 Å². The Morgan fingerprint density at radius 3 is 2.34 bits per heavy atom. The SMILES string of the molecule is Cc1cc(/C=N/NC(=O)CSc2ccc(Cl)cc2)c(C)n1-c1cc(Cl)cc(Cl)c1. The van der Waals surface area contributed by atoms with Gasteiger partial charge in [0.25, 0.3) is 0 Å². The standard InChI is InChI=1S/C21H18Cl3N3OS/c1-13-7-15(14(2)27(13)19-9-17(23)8-18(24)10-19)11-25-26-21(28)12-29-20-5-3-16(22)4-6-20/h3-11H,12H2,1-2H3,(H,26,28)/b25-11+. The van der Waals surface area contributed by atoms with Gasteiger partial charge in [0, 0.05) is 42.6 Å². The van der Waals surface area contributed by atoms with Crippen molar-refractivity contribution in [3.8, 4) is 5.69 Å². The van der Waals surface area contributed by atoms with Gasteiger partial charge in [-0.3, -0.25) is 4.79 Å². The number of thioether (sulfide) groups is 1. The molecule has 0 unspecified atom stereocenters. The number of rotatable bonds is 6. The van der Waals surface area contributed by atoms with Gasteiger partial charge in [0.2, 0.25) is 5.91 Å². The molecule has 0 radical (unpaired) electrons. The Hall–Kier alpha value is -1.92. The number of nitrogens with one attached hydrogen (secondary N) is 1. The fourth-order valence-corrected chi connectivity index (χ4v) is 4.20. The predicted octanol–water partition coefficient (Wildman–Crippen LogP) is 6.30. The molecule has 0 saturated heterocycles. The number of carbonyl (C=O) groups is 1. The van der Waals surface area contributed by atoms with Crippen LogP contribution in [0.25, 0.3) is 5.69 Å². The van der Waals surface area contributed by atoms with Gasteiger partial charge in [0.1, 0.15) is 0 Å². The monoisotopic (exact) mass is 465 g/mol. The summed E-state index contributed by atoms with van der Waals surface area (Å²) in [7, 11) is 0. The molecule has 0 saturated carbocycles. The second kappa shape index (κ2) is 9.72. The van der Waals surface area contributed by atoms with E-state index in [0.717, 1.165) is 27.5 Å². The second-order valence-corrected chi connectivity index (χ2v) is 8.68. The van der Waals surface area contributed by atoms with Crippen LogP contribution in [0.1, 0.15) is 17.0 Å². The molecule has 3 aromatic rings. The molecule has 0 aliphatic carbocycles. The summed E-state index contributed by atoms with van der Waals surface area (Å²) in [4.78, 5) is 13.0. The van der Waals surface area contributed by atoms with Crippen LogP contribution in [-0.4, -0.2) is 22.4 Å². The zero-order chi connectivity index (χ0) is 21.0. The zero-order valence-electron chi connectivity index (χ0n) is 15.7. The summed E-state index contributed by atoms with van der Waals surface area (Å²) in [5, 5.41) is 5.90. The summed E-state index contributed by atoms with van der Waals surface area (Å²) in [6.45, 7) is 3.96. The Bertz CT molecular complexity index is 1040. The van der Waals surface area contributed by atoms with Crippen molar-refractivity contribution in [3.63, 3.8) is 0 Å². The number of hydrazone groups is 1. The lowest BCUT2D eigenvalue weighted by molar-refractivity contribution is -0.118. The average Bonchev–Trinajstić information content (AvgIpc) is 2.94. The molecular formula is C21H18Cl3N3OS. The van der Waals surface area contributed by atoms with E-state index in [2.05, 4.69) is 10.5 Å². The van der Waals surface area contributed by atoms with Gasteiger partial charge in [0.15, 0.2) is 0 Å². The summed E-state index contributed by atoms with van der Waals surface area (Å²) < 4.78 is 2.04. The summed E-state index contributed by atoms with van der Waals surface area (Å²) >= 11 is 19.5. The van der Waals surface area contributed by atoms with Crippen molar-refractivity contribution in [1.29, 1.82) is 0 Å². The fourth-order valence-electron chi connectivity index (χ4n) is 2.87. The molecular weight excluding hydrogens is 449 g/mol. The van der Waals surface area contributed by atoms with Crippen LogP contribution >= 0.6 is 46.6 Å². The number of halogens is 3. The molecule has 0 spiro atoms. The summed E-state index contributed by atoms with van der Waals surface area (Å²) in [5.74, 6) is 0.0792. The van der Waals surface area contributed by atoms with Crippen LogP contribution in [0, 0.1) is 13.8 Å². The van der Waals surface area contributed by atoms with Crippen molar-refractivity contribution in [2.24, 2.45) is 5.10 Å². The predicted molar refractivity (Wildman–Crippen MR) is 123 cm³/mol. The zero-order valence-corrected chi connectivity index (χ0v) is 18.8. The third-order valence-electron chi connectivity index (χ3n) is 4.15. The molecule has 0 aliphatic rings. The normalized spacial score (nSPS) is 11.2. The first-order valence-corrected chi connectivity index (χ1v) is 10.8. The van der Waals surface area contributed by atoms with Crippen molar-refractivity contribution in [2.75, 3.05) is 5.75 Å². The largest absolute Gasteiger partial charge is 0.318 e. The van der Waals surface area contributed by atoms with Crippen LogP contribution in [-0.2, 0) is 4.79 Å². The van der Waals surface area contributed by atoms with Crippen molar-refractivity contribution in [1.82, 2.24) is 9.99 Å². The maximum Gasteiger partial charge on any atom is 0.250 e. The van der Waals surface area contributed by atoms with E-state index in [9.17, 15) is 4.79 Å². The number of aromatic nitrogens is 1. The second-order valence-electron chi connectivity index (χ2n) is 6.33. The first-order chi connectivity index (χ1) is 13.8. The number of hydrogen-bond donors (Lipinski definition) is 1. The molecule has 1 aromatic heterocycles. The number of amides is 1. The van der Waals surface area contributed by atoms with Crippen molar-refractivity contribution >= 4 is 58.7 Å². The molecule has 0 bridgehead atoms. The molecule has 4 nitrogen and oxygen atoms in total. The van der Waals surface area contributed by atoms with Crippen LogP contribution in [0.15, 0.2) is 58.5 Å². The van der Waals surface area contributed by atoms with Gasteiger partial charge in [0.05, 0.1) is 12.0 Å². The number of hydrogen-bond acceptors (Lipinski definition) is 3. The first kappa shape index (κ1) is 21.8. The molecule has 1 amide bonds. The lowest BCUT2D eigenvalue weighted by Gasteiger charge is -2.10. The minimum Gasteiger partial charge on any atom is -0.318 e. The molecule has 8 heteroatoms. The highest BCUT2D eigenvalue weighted by Crippen LogP contribution is 2.26. The van der Waals surface area contributed by atoms with Gasteiger partial charge in [-0.05, 0) is 62.4 Å². The number of carbonyl (C=O) groups excluding carboxylic acids is 1. The Labute approximate surface area is 188 Å². The van der Waals surface area contributed by atoms with Crippen molar-refractivity contribution < 1.29 is 4.79 Å². The Morgan fingerprint density at radius 2 is 1.69 bits per heavy atom. The molecule has 1 N–H and O–H groups in total. The van der Waals surface area contributed by atoms with Crippen LogP contribution in [0.4, 0.5) is 0 Å². The third-order valence-corrected chi connectivity index (χ3v) is 5.85. The molecule has 3 rings (SSSR count). The van der Waals surface area contributed by atoms with E-state index in [4.69, 9.17) is 34.8 Å².